The third kappa shape index (κ3) is 6.46. The van der Waals surface area contributed by atoms with Crippen LogP contribution in [-0.4, -0.2) is 83.9 Å². The van der Waals surface area contributed by atoms with Crippen LogP contribution in [-0.2, 0) is 27.1 Å². The van der Waals surface area contributed by atoms with E-state index in [9.17, 15) is 45.8 Å². The van der Waals surface area contributed by atoms with Crippen molar-refractivity contribution in [3.05, 3.63) is 59.2 Å². The van der Waals surface area contributed by atoms with E-state index in [2.05, 4.69) is 5.32 Å². The second-order valence-corrected chi connectivity index (χ2v) is 11.8. The first-order valence-corrected chi connectivity index (χ1v) is 14.8. The van der Waals surface area contributed by atoms with Crippen LogP contribution in [0.15, 0.2) is 42.5 Å². The highest BCUT2D eigenvalue weighted by atomic mass is 19.4. The molecule has 2 aliphatic rings. The Balaban J connectivity index is 1.44. The molecule has 9 nitrogen and oxygen atoms in total. The zero-order valence-corrected chi connectivity index (χ0v) is 25.8. The third-order valence-corrected chi connectivity index (χ3v) is 8.18. The minimum absolute atomic E-state index is 0.0559. The first-order valence-electron chi connectivity index (χ1n) is 14.8. The average molecular weight is 659 g/mol. The fourth-order valence-electron chi connectivity index (χ4n) is 5.68. The number of nitrogens with one attached hydrogen (secondary N) is 1. The van der Waals surface area contributed by atoms with Gasteiger partial charge in [0.15, 0.2) is 0 Å². The molecule has 2 N–H and O–H groups in total. The molecule has 0 spiro atoms. The highest BCUT2D eigenvalue weighted by Gasteiger charge is 2.71. The van der Waals surface area contributed by atoms with Gasteiger partial charge in [0.2, 0.25) is 5.91 Å². The SMILES string of the molecule is CCCc1cc(C(O)(C(F)(F)F)C(F)(F)F)ccc1N1CCN(C(=O)CN2C(=O)NC(C)(c3ccc(OC(C)C)cc3)C2=O)CC1. The topological polar surface area (TPSA) is 102 Å². The molecular weight excluding hydrogens is 622 g/mol. The number of carbonyl (C=O) groups is 3. The Kier molecular flexibility index (Phi) is 9.58. The minimum atomic E-state index is -6.00. The van der Waals surface area contributed by atoms with Crippen LogP contribution in [0, 0.1) is 0 Å². The Labute approximate surface area is 262 Å². The summed E-state index contributed by atoms with van der Waals surface area (Å²) in [5.74, 6) is -0.520. The summed E-state index contributed by atoms with van der Waals surface area (Å²) in [7, 11) is 0. The normalized spacial score (nSPS) is 19.6. The summed E-state index contributed by atoms with van der Waals surface area (Å²) in [4.78, 5) is 43.3. The van der Waals surface area contributed by atoms with Crippen LogP contribution in [0.3, 0.4) is 0 Å². The average Bonchev–Trinajstić information content (AvgIpc) is 3.19. The number of ether oxygens (including phenoxy) is 1. The zero-order valence-electron chi connectivity index (χ0n) is 25.8. The summed E-state index contributed by atoms with van der Waals surface area (Å²) in [5, 5.41) is 12.5. The second kappa shape index (κ2) is 12.6. The van der Waals surface area contributed by atoms with E-state index >= 15 is 0 Å². The molecule has 252 valence electrons. The van der Waals surface area contributed by atoms with E-state index in [0.717, 1.165) is 17.0 Å². The number of imide groups is 1. The van der Waals surface area contributed by atoms with Gasteiger partial charge in [0.1, 0.15) is 17.8 Å². The molecular formula is C31H36F6N4O5. The van der Waals surface area contributed by atoms with Crippen molar-refractivity contribution in [2.45, 2.75) is 70.1 Å². The number of anilines is 1. The fourth-order valence-corrected chi connectivity index (χ4v) is 5.68. The van der Waals surface area contributed by atoms with Gasteiger partial charge in [-0.2, -0.15) is 26.3 Å². The Morgan fingerprint density at radius 3 is 2.09 bits per heavy atom. The number of hydrogen-bond donors (Lipinski definition) is 2. The second-order valence-electron chi connectivity index (χ2n) is 11.8. The number of aliphatic hydroxyl groups is 1. The van der Waals surface area contributed by atoms with Gasteiger partial charge in [0, 0.05) is 37.4 Å². The number of amides is 4. The number of piperazine rings is 1. The Morgan fingerprint density at radius 1 is 0.978 bits per heavy atom. The lowest BCUT2D eigenvalue weighted by molar-refractivity contribution is -0.376. The van der Waals surface area contributed by atoms with Crippen LogP contribution in [0.4, 0.5) is 36.8 Å². The molecule has 2 aliphatic heterocycles. The van der Waals surface area contributed by atoms with Crippen molar-refractivity contribution in [1.82, 2.24) is 15.1 Å². The minimum Gasteiger partial charge on any atom is -0.491 e. The molecule has 15 heteroatoms. The van der Waals surface area contributed by atoms with Crippen LogP contribution in [0.2, 0.25) is 0 Å². The summed E-state index contributed by atoms with van der Waals surface area (Å²) < 4.78 is 86.5. The number of hydrogen-bond acceptors (Lipinski definition) is 6. The zero-order chi connectivity index (χ0) is 34.2. The van der Waals surface area contributed by atoms with Crippen molar-refractivity contribution in [1.29, 1.82) is 0 Å². The lowest BCUT2D eigenvalue weighted by atomic mass is 9.89. The molecule has 4 amide bonds. The van der Waals surface area contributed by atoms with E-state index in [1.54, 1.807) is 36.1 Å². The number of benzene rings is 2. The molecule has 1 atom stereocenters. The van der Waals surface area contributed by atoms with Crippen molar-refractivity contribution in [2.75, 3.05) is 37.6 Å². The number of rotatable bonds is 9. The summed E-state index contributed by atoms with van der Waals surface area (Å²) in [6, 6.07) is 8.42. The predicted molar refractivity (Wildman–Crippen MR) is 155 cm³/mol. The number of halogens is 6. The van der Waals surface area contributed by atoms with Gasteiger partial charge in [-0.25, -0.2) is 4.79 Å². The predicted octanol–water partition coefficient (Wildman–Crippen LogP) is 4.85. The summed E-state index contributed by atoms with van der Waals surface area (Å²) in [6.07, 6.45) is -11.5. The molecule has 2 fully saturated rings. The summed E-state index contributed by atoms with van der Waals surface area (Å²) >= 11 is 0. The molecule has 0 aliphatic carbocycles. The van der Waals surface area contributed by atoms with Crippen molar-refractivity contribution < 1.29 is 50.6 Å². The van der Waals surface area contributed by atoms with Gasteiger partial charge in [0.25, 0.3) is 11.5 Å². The lowest BCUT2D eigenvalue weighted by Crippen LogP contribution is -2.54. The van der Waals surface area contributed by atoms with Gasteiger partial charge in [-0.3, -0.25) is 14.5 Å². The maximum Gasteiger partial charge on any atom is 0.430 e. The number of alkyl halides is 6. The number of carbonyl (C=O) groups excluding carboxylic acids is 3. The van der Waals surface area contributed by atoms with Crippen LogP contribution in [0.1, 0.15) is 50.8 Å². The quantitative estimate of drug-likeness (QED) is 0.295. The molecule has 0 saturated carbocycles. The van der Waals surface area contributed by atoms with Crippen LogP contribution in [0.25, 0.3) is 0 Å². The van der Waals surface area contributed by atoms with E-state index < -0.39 is 53.4 Å². The van der Waals surface area contributed by atoms with Gasteiger partial charge in [-0.1, -0.05) is 37.6 Å². The molecule has 1 unspecified atom stereocenters. The molecule has 46 heavy (non-hydrogen) atoms. The Bertz CT molecular complexity index is 1440. The molecule has 0 radical (unpaired) electrons. The lowest BCUT2D eigenvalue weighted by Gasteiger charge is -2.38. The molecule has 2 aromatic carbocycles. The molecule has 2 aromatic rings. The Hall–Kier alpha value is -4.01. The molecule has 0 aromatic heterocycles. The highest BCUT2D eigenvalue weighted by Crippen LogP contribution is 2.50. The molecule has 2 heterocycles. The van der Waals surface area contributed by atoms with Gasteiger partial charge in [-0.15, -0.1) is 0 Å². The van der Waals surface area contributed by atoms with Crippen molar-refractivity contribution in [3.63, 3.8) is 0 Å². The smallest absolute Gasteiger partial charge is 0.430 e. The van der Waals surface area contributed by atoms with Crippen LogP contribution >= 0.6 is 0 Å². The largest absolute Gasteiger partial charge is 0.491 e. The standard InChI is InChI=1S/C31H36F6N4O5/c1-5-6-20-17-22(29(45,30(32,33)34)31(35,36)37)9-12-24(20)39-13-15-40(16-14-39)25(42)18-41-26(43)28(4,38-27(41)44)21-7-10-23(11-8-21)46-19(2)3/h7-12,17,19,45H,5-6,13-16,18H2,1-4H3,(H,38,44). The van der Waals surface area contributed by atoms with E-state index in [1.807, 2.05) is 13.8 Å². The Morgan fingerprint density at radius 2 is 1.57 bits per heavy atom. The van der Waals surface area contributed by atoms with Crippen LogP contribution < -0.4 is 15.0 Å². The van der Waals surface area contributed by atoms with E-state index in [-0.39, 0.29) is 44.3 Å². The molecule has 0 bridgehead atoms. The molecule has 2 saturated heterocycles. The number of aryl methyl sites for hydroxylation is 1. The van der Waals surface area contributed by atoms with Gasteiger partial charge >= 0.3 is 18.4 Å². The highest BCUT2D eigenvalue weighted by molar-refractivity contribution is 6.09. The fraction of sp³-hybridized carbons (Fsp3) is 0.516. The number of nitrogens with zero attached hydrogens (tertiary/aromatic N) is 3. The first-order chi connectivity index (χ1) is 21.3. The first kappa shape index (κ1) is 34.9. The maximum atomic E-state index is 13.5. The number of urea groups is 1. The van der Waals surface area contributed by atoms with Crippen molar-refractivity contribution in [2.24, 2.45) is 0 Å². The van der Waals surface area contributed by atoms with Gasteiger partial charge in [-0.05, 0) is 56.5 Å². The monoisotopic (exact) mass is 658 g/mol. The van der Waals surface area contributed by atoms with Crippen molar-refractivity contribution in [3.8, 4) is 5.75 Å². The molecule has 4 rings (SSSR count). The van der Waals surface area contributed by atoms with E-state index in [1.165, 1.54) is 11.8 Å². The van der Waals surface area contributed by atoms with Gasteiger partial charge < -0.3 is 25.0 Å². The van der Waals surface area contributed by atoms with Crippen LogP contribution in [0.5, 0.6) is 5.75 Å². The maximum absolute atomic E-state index is 13.5. The third-order valence-electron chi connectivity index (χ3n) is 8.18. The van der Waals surface area contributed by atoms with E-state index in [0.29, 0.717) is 29.5 Å². The summed E-state index contributed by atoms with van der Waals surface area (Å²) in [5.41, 5.74) is -6.68. The summed E-state index contributed by atoms with van der Waals surface area (Å²) in [6.45, 7) is 7.10. The van der Waals surface area contributed by atoms with E-state index in [4.69, 9.17) is 4.74 Å². The van der Waals surface area contributed by atoms with Gasteiger partial charge in [0.05, 0.1) is 6.10 Å². The van der Waals surface area contributed by atoms with Crippen molar-refractivity contribution >= 4 is 23.5 Å².